The number of hydrogen-bond acceptors (Lipinski definition) is 3. The lowest BCUT2D eigenvalue weighted by atomic mass is 10.0. The van der Waals surface area contributed by atoms with E-state index in [0.717, 1.165) is 27.6 Å². The monoisotopic (exact) mass is 278 g/mol. The van der Waals surface area contributed by atoms with Crippen molar-refractivity contribution in [3.8, 4) is 17.1 Å². The van der Waals surface area contributed by atoms with Gasteiger partial charge in [0.15, 0.2) is 0 Å². The summed E-state index contributed by atoms with van der Waals surface area (Å²) >= 11 is 0. The Hall–Kier alpha value is -2.42. The first-order valence-corrected chi connectivity index (χ1v) is 7.13. The zero-order valence-corrected chi connectivity index (χ0v) is 12.5. The van der Waals surface area contributed by atoms with Crippen molar-refractivity contribution < 1.29 is 4.74 Å². The third-order valence-corrected chi connectivity index (χ3v) is 3.38. The van der Waals surface area contributed by atoms with Crippen molar-refractivity contribution in [3.63, 3.8) is 0 Å². The van der Waals surface area contributed by atoms with Crippen LogP contribution in [0.4, 0.5) is 0 Å². The van der Waals surface area contributed by atoms with Gasteiger partial charge in [0.25, 0.3) is 0 Å². The molecule has 0 saturated carbocycles. The van der Waals surface area contributed by atoms with Gasteiger partial charge in [0.05, 0.1) is 11.8 Å². The van der Waals surface area contributed by atoms with Crippen LogP contribution in [0, 0.1) is 6.92 Å². The van der Waals surface area contributed by atoms with Crippen molar-refractivity contribution in [2.75, 3.05) is 0 Å². The van der Waals surface area contributed by atoms with E-state index < -0.39 is 0 Å². The minimum atomic E-state index is 0.0982. The quantitative estimate of drug-likeness (QED) is 0.712. The molecule has 0 aliphatic rings. The van der Waals surface area contributed by atoms with Gasteiger partial charge in [-0.1, -0.05) is 24.3 Å². The molecule has 0 fully saturated rings. The lowest BCUT2D eigenvalue weighted by Crippen LogP contribution is -2.08. The topological polar surface area (TPSA) is 35.0 Å². The van der Waals surface area contributed by atoms with Crippen LogP contribution in [0.2, 0.25) is 0 Å². The van der Waals surface area contributed by atoms with E-state index in [9.17, 15) is 0 Å². The summed E-state index contributed by atoms with van der Waals surface area (Å²) in [5.41, 5.74) is 3.12. The number of ether oxygens (including phenoxy) is 1. The molecule has 3 nitrogen and oxygen atoms in total. The molecular formula is C18H18N2O. The predicted molar refractivity (Wildman–Crippen MR) is 85.5 cm³/mol. The molecule has 0 unspecified atom stereocenters. The van der Waals surface area contributed by atoms with E-state index in [1.807, 2.05) is 38.2 Å². The highest BCUT2D eigenvalue weighted by molar-refractivity contribution is 5.99. The molecular weight excluding hydrogens is 260 g/mol. The maximum absolute atomic E-state index is 5.87. The first kappa shape index (κ1) is 13.6. The molecule has 0 aliphatic carbocycles. The first-order valence-electron chi connectivity index (χ1n) is 7.13. The van der Waals surface area contributed by atoms with Crippen molar-refractivity contribution in [1.29, 1.82) is 0 Å². The van der Waals surface area contributed by atoms with Gasteiger partial charge in [-0.15, -0.1) is 0 Å². The molecule has 2 heterocycles. The van der Waals surface area contributed by atoms with Gasteiger partial charge < -0.3 is 4.74 Å². The summed E-state index contributed by atoms with van der Waals surface area (Å²) in [4.78, 5) is 8.96. The van der Waals surface area contributed by atoms with Crippen LogP contribution in [0.5, 0.6) is 5.88 Å². The van der Waals surface area contributed by atoms with Crippen LogP contribution < -0.4 is 4.74 Å². The number of aromatic nitrogens is 2. The maximum atomic E-state index is 5.87. The average Bonchev–Trinajstić information content (AvgIpc) is 2.48. The van der Waals surface area contributed by atoms with Crippen LogP contribution in [0.1, 0.15) is 19.4 Å². The number of aryl methyl sites for hydroxylation is 1. The lowest BCUT2D eigenvalue weighted by molar-refractivity contribution is 0.236. The summed E-state index contributed by atoms with van der Waals surface area (Å²) in [5.74, 6) is 0.692. The molecule has 0 aliphatic heterocycles. The largest absolute Gasteiger partial charge is 0.474 e. The van der Waals surface area contributed by atoms with E-state index in [2.05, 4.69) is 35.1 Å². The normalized spacial score (nSPS) is 11.0. The maximum Gasteiger partial charge on any atom is 0.221 e. The van der Waals surface area contributed by atoms with Crippen molar-refractivity contribution in [3.05, 3.63) is 54.4 Å². The second-order valence-corrected chi connectivity index (χ2v) is 5.36. The minimum absolute atomic E-state index is 0.0982. The van der Waals surface area contributed by atoms with Gasteiger partial charge in [0, 0.05) is 23.3 Å². The number of pyridine rings is 2. The molecule has 2 aromatic heterocycles. The lowest BCUT2D eigenvalue weighted by Gasteiger charge is -2.15. The summed E-state index contributed by atoms with van der Waals surface area (Å²) in [6, 6.07) is 12.1. The Morgan fingerprint density at radius 3 is 2.57 bits per heavy atom. The van der Waals surface area contributed by atoms with Gasteiger partial charge in [-0.2, -0.15) is 0 Å². The molecule has 3 rings (SSSR count). The highest BCUT2D eigenvalue weighted by Crippen LogP contribution is 2.34. The fourth-order valence-corrected chi connectivity index (χ4v) is 2.47. The Morgan fingerprint density at radius 1 is 1.00 bits per heavy atom. The molecule has 0 saturated heterocycles. The first-order chi connectivity index (χ1) is 10.2. The van der Waals surface area contributed by atoms with E-state index in [0.29, 0.717) is 5.88 Å². The second-order valence-electron chi connectivity index (χ2n) is 5.36. The summed E-state index contributed by atoms with van der Waals surface area (Å²) in [7, 11) is 0. The number of fused-ring (bicyclic) bond motifs is 1. The van der Waals surface area contributed by atoms with Crippen LogP contribution >= 0.6 is 0 Å². The summed E-state index contributed by atoms with van der Waals surface area (Å²) in [6.07, 6.45) is 3.75. The fourth-order valence-electron chi connectivity index (χ4n) is 2.47. The van der Waals surface area contributed by atoms with Crippen LogP contribution in [0.15, 0.2) is 48.8 Å². The molecule has 0 N–H and O–H groups in total. The molecule has 21 heavy (non-hydrogen) atoms. The Labute approximate surface area is 124 Å². The third-order valence-electron chi connectivity index (χ3n) is 3.38. The molecule has 0 radical (unpaired) electrons. The van der Waals surface area contributed by atoms with Crippen molar-refractivity contribution in [1.82, 2.24) is 9.97 Å². The van der Waals surface area contributed by atoms with Gasteiger partial charge in [-0.05, 0) is 43.9 Å². The van der Waals surface area contributed by atoms with Crippen LogP contribution in [-0.4, -0.2) is 16.1 Å². The summed E-state index contributed by atoms with van der Waals surface area (Å²) in [5, 5.41) is 2.19. The Morgan fingerprint density at radius 2 is 1.86 bits per heavy atom. The SMILES string of the molecule is Cc1cccc2c(-c3ccccn3)cnc(OC(C)C)c12. The Bertz CT molecular complexity index is 767. The van der Waals surface area contributed by atoms with Crippen molar-refractivity contribution in [2.45, 2.75) is 26.9 Å². The number of rotatable bonds is 3. The van der Waals surface area contributed by atoms with Gasteiger partial charge in [0.1, 0.15) is 0 Å². The van der Waals surface area contributed by atoms with Crippen molar-refractivity contribution in [2.24, 2.45) is 0 Å². The van der Waals surface area contributed by atoms with Gasteiger partial charge in [-0.25, -0.2) is 4.98 Å². The summed E-state index contributed by atoms with van der Waals surface area (Å²) < 4.78 is 5.87. The van der Waals surface area contributed by atoms with Gasteiger partial charge in [0.2, 0.25) is 5.88 Å². The zero-order valence-electron chi connectivity index (χ0n) is 12.5. The fraction of sp³-hybridized carbons (Fsp3) is 0.222. The van der Waals surface area contributed by atoms with Gasteiger partial charge >= 0.3 is 0 Å². The molecule has 1 aromatic carbocycles. The highest BCUT2D eigenvalue weighted by atomic mass is 16.5. The van der Waals surface area contributed by atoms with Crippen LogP contribution in [0.25, 0.3) is 22.0 Å². The van der Waals surface area contributed by atoms with E-state index in [4.69, 9.17) is 4.74 Å². The number of nitrogens with zero attached hydrogens (tertiary/aromatic N) is 2. The molecule has 0 spiro atoms. The highest BCUT2D eigenvalue weighted by Gasteiger charge is 2.13. The van der Waals surface area contributed by atoms with Crippen LogP contribution in [-0.2, 0) is 0 Å². The van der Waals surface area contributed by atoms with E-state index in [-0.39, 0.29) is 6.10 Å². The van der Waals surface area contributed by atoms with E-state index in [1.54, 1.807) is 6.20 Å². The molecule has 0 amide bonds. The van der Waals surface area contributed by atoms with Gasteiger partial charge in [-0.3, -0.25) is 4.98 Å². The average molecular weight is 278 g/mol. The minimum Gasteiger partial charge on any atom is -0.474 e. The molecule has 3 heteroatoms. The zero-order chi connectivity index (χ0) is 14.8. The Balaban J connectivity index is 2.28. The van der Waals surface area contributed by atoms with Crippen molar-refractivity contribution >= 4 is 10.8 Å². The molecule has 0 atom stereocenters. The molecule has 106 valence electrons. The smallest absolute Gasteiger partial charge is 0.221 e. The number of benzene rings is 1. The number of hydrogen-bond donors (Lipinski definition) is 0. The van der Waals surface area contributed by atoms with E-state index in [1.165, 1.54) is 0 Å². The molecule has 0 bridgehead atoms. The van der Waals surface area contributed by atoms with E-state index >= 15 is 0 Å². The molecule has 3 aromatic rings. The Kier molecular flexibility index (Phi) is 3.57. The third kappa shape index (κ3) is 2.59. The second kappa shape index (κ2) is 5.52. The van der Waals surface area contributed by atoms with Crippen LogP contribution in [0.3, 0.4) is 0 Å². The summed E-state index contributed by atoms with van der Waals surface area (Å²) in [6.45, 7) is 6.11. The predicted octanol–water partition coefficient (Wildman–Crippen LogP) is 4.39. The standard InChI is InChI=1S/C18H18N2O/c1-12(2)21-18-17-13(3)7-6-8-14(17)15(11-20-18)16-9-4-5-10-19-16/h4-12H,1-3H3.